The van der Waals surface area contributed by atoms with Gasteiger partial charge < -0.3 is 15.1 Å². The fourth-order valence-corrected chi connectivity index (χ4v) is 3.70. The minimum atomic E-state index is -0.378. The highest BCUT2D eigenvalue weighted by Crippen LogP contribution is 2.26. The maximum atomic E-state index is 13.2. The summed E-state index contributed by atoms with van der Waals surface area (Å²) in [6.45, 7) is 4.09. The molecule has 1 fully saturated rings. The molecule has 148 valence electrons. The molecule has 1 amide bonds. The van der Waals surface area contributed by atoms with Gasteiger partial charge in [0.05, 0.1) is 17.8 Å². The molecule has 2 heterocycles. The molecule has 0 unspecified atom stereocenters. The molecule has 1 aliphatic heterocycles. The van der Waals surface area contributed by atoms with Gasteiger partial charge in [0.15, 0.2) is 0 Å². The Hall–Kier alpha value is -3.18. The summed E-state index contributed by atoms with van der Waals surface area (Å²) < 4.78 is 0. The quantitative estimate of drug-likeness (QED) is 0.728. The molecule has 4 rings (SSSR count). The summed E-state index contributed by atoms with van der Waals surface area (Å²) in [5.41, 5.74) is 3.02. The van der Waals surface area contributed by atoms with E-state index in [9.17, 15) is 4.79 Å². The molecule has 0 aliphatic carbocycles. The van der Waals surface area contributed by atoms with Crippen LogP contribution in [0.15, 0.2) is 79.0 Å². The lowest BCUT2D eigenvalue weighted by Crippen LogP contribution is -2.44. The zero-order valence-corrected chi connectivity index (χ0v) is 16.7. The van der Waals surface area contributed by atoms with Crippen molar-refractivity contribution in [3.63, 3.8) is 0 Å². The summed E-state index contributed by atoms with van der Waals surface area (Å²) in [5.74, 6) is 0.114. The average molecular weight is 386 g/mol. The standard InChI is InChI=1S/C24H26N4O/c1-27-14-16-28(17-15-27)21-12-13-22(25-18-21)26-24(29)23(19-8-4-2-5-9-19)20-10-6-3-7-11-20/h2-13,18,23H,14-17H2,1H3,(H,25,26,29). The Kier molecular flexibility index (Phi) is 5.86. The van der Waals surface area contributed by atoms with Crippen molar-refractivity contribution in [2.24, 2.45) is 0 Å². The summed E-state index contributed by atoms with van der Waals surface area (Å²) in [7, 11) is 2.14. The van der Waals surface area contributed by atoms with Crippen LogP contribution in [0.1, 0.15) is 17.0 Å². The van der Waals surface area contributed by atoms with Crippen LogP contribution in [0.3, 0.4) is 0 Å². The van der Waals surface area contributed by atoms with Crippen molar-refractivity contribution < 1.29 is 4.79 Å². The van der Waals surface area contributed by atoms with Crippen molar-refractivity contribution in [1.29, 1.82) is 0 Å². The van der Waals surface area contributed by atoms with E-state index in [4.69, 9.17) is 0 Å². The zero-order chi connectivity index (χ0) is 20.1. The van der Waals surface area contributed by atoms with E-state index in [0.29, 0.717) is 5.82 Å². The zero-order valence-electron chi connectivity index (χ0n) is 16.7. The summed E-state index contributed by atoms with van der Waals surface area (Å²) in [5, 5.41) is 3.00. The number of carbonyl (C=O) groups excluding carboxylic acids is 1. The minimum absolute atomic E-state index is 0.0813. The molecular formula is C24H26N4O. The largest absolute Gasteiger partial charge is 0.368 e. The number of amides is 1. The SMILES string of the molecule is CN1CCN(c2ccc(NC(=O)C(c3ccccc3)c3ccccc3)nc2)CC1. The number of anilines is 2. The molecule has 5 heteroatoms. The fourth-order valence-electron chi connectivity index (χ4n) is 3.70. The van der Waals surface area contributed by atoms with Gasteiger partial charge in [0, 0.05) is 26.2 Å². The van der Waals surface area contributed by atoms with Gasteiger partial charge in [-0.15, -0.1) is 0 Å². The Balaban J connectivity index is 1.50. The van der Waals surface area contributed by atoms with E-state index in [1.54, 1.807) is 0 Å². The van der Waals surface area contributed by atoms with Crippen LogP contribution in [-0.2, 0) is 4.79 Å². The van der Waals surface area contributed by atoms with Gasteiger partial charge in [0.1, 0.15) is 5.82 Å². The Morgan fingerprint density at radius 3 is 1.97 bits per heavy atom. The first-order chi connectivity index (χ1) is 14.2. The first-order valence-electron chi connectivity index (χ1n) is 10.0. The molecule has 1 aromatic heterocycles. The van der Waals surface area contributed by atoms with Crippen LogP contribution in [-0.4, -0.2) is 49.0 Å². The van der Waals surface area contributed by atoms with E-state index >= 15 is 0 Å². The van der Waals surface area contributed by atoms with Gasteiger partial charge in [0.2, 0.25) is 5.91 Å². The molecule has 1 N–H and O–H groups in total. The van der Waals surface area contributed by atoms with Gasteiger partial charge in [0.25, 0.3) is 0 Å². The van der Waals surface area contributed by atoms with Crippen LogP contribution >= 0.6 is 0 Å². The van der Waals surface area contributed by atoms with Crippen molar-refractivity contribution in [3.8, 4) is 0 Å². The molecule has 0 radical (unpaired) electrons. The van der Waals surface area contributed by atoms with Gasteiger partial charge in [-0.05, 0) is 30.3 Å². The molecule has 3 aromatic rings. The predicted octanol–water partition coefficient (Wildman–Crippen LogP) is 3.60. The number of pyridine rings is 1. The maximum absolute atomic E-state index is 13.2. The molecule has 0 spiro atoms. The van der Waals surface area contributed by atoms with Gasteiger partial charge >= 0.3 is 0 Å². The highest BCUT2D eigenvalue weighted by molar-refractivity contribution is 5.97. The van der Waals surface area contributed by atoms with Gasteiger partial charge in [-0.1, -0.05) is 60.7 Å². The first kappa shape index (κ1) is 19.2. The van der Waals surface area contributed by atoms with Crippen molar-refractivity contribution in [1.82, 2.24) is 9.88 Å². The van der Waals surface area contributed by atoms with E-state index in [0.717, 1.165) is 43.0 Å². The van der Waals surface area contributed by atoms with Crippen molar-refractivity contribution >= 4 is 17.4 Å². The average Bonchev–Trinajstić information content (AvgIpc) is 2.77. The number of nitrogens with zero attached hydrogens (tertiary/aromatic N) is 3. The summed E-state index contributed by atoms with van der Waals surface area (Å²) in [6.07, 6.45) is 1.85. The Labute approximate surface area is 172 Å². The Bertz CT molecular complexity index is 881. The van der Waals surface area contributed by atoms with E-state index in [2.05, 4.69) is 27.1 Å². The number of piperazine rings is 1. The molecule has 2 aromatic carbocycles. The highest BCUT2D eigenvalue weighted by Gasteiger charge is 2.23. The second-order valence-electron chi connectivity index (χ2n) is 7.44. The summed E-state index contributed by atoms with van der Waals surface area (Å²) in [6, 6.07) is 23.6. The normalized spacial score (nSPS) is 14.8. The lowest BCUT2D eigenvalue weighted by Gasteiger charge is -2.33. The third-order valence-corrected chi connectivity index (χ3v) is 5.40. The van der Waals surface area contributed by atoms with E-state index < -0.39 is 0 Å². The Morgan fingerprint density at radius 1 is 0.862 bits per heavy atom. The van der Waals surface area contributed by atoms with Crippen molar-refractivity contribution in [2.45, 2.75) is 5.92 Å². The van der Waals surface area contributed by atoms with Gasteiger partial charge in [-0.2, -0.15) is 0 Å². The van der Waals surface area contributed by atoms with E-state index in [-0.39, 0.29) is 11.8 Å². The van der Waals surface area contributed by atoms with Crippen LogP contribution in [0.4, 0.5) is 11.5 Å². The molecule has 0 bridgehead atoms. The smallest absolute Gasteiger partial charge is 0.237 e. The van der Waals surface area contributed by atoms with Crippen LogP contribution in [0.2, 0.25) is 0 Å². The monoisotopic (exact) mass is 386 g/mol. The molecule has 0 atom stereocenters. The lowest BCUT2D eigenvalue weighted by molar-refractivity contribution is -0.116. The van der Waals surface area contributed by atoms with Crippen LogP contribution < -0.4 is 10.2 Å². The number of hydrogen-bond donors (Lipinski definition) is 1. The Morgan fingerprint density at radius 2 is 1.45 bits per heavy atom. The highest BCUT2D eigenvalue weighted by atomic mass is 16.1. The lowest BCUT2D eigenvalue weighted by atomic mass is 9.90. The van der Waals surface area contributed by atoms with Gasteiger partial charge in [-0.25, -0.2) is 4.98 Å². The molecule has 1 saturated heterocycles. The third kappa shape index (κ3) is 4.63. The maximum Gasteiger partial charge on any atom is 0.237 e. The first-order valence-corrected chi connectivity index (χ1v) is 10.0. The third-order valence-electron chi connectivity index (χ3n) is 5.40. The number of likely N-dealkylation sites (N-methyl/N-ethyl adjacent to an activating group) is 1. The fraction of sp³-hybridized carbons (Fsp3) is 0.250. The predicted molar refractivity (Wildman–Crippen MR) is 117 cm³/mol. The number of benzene rings is 2. The minimum Gasteiger partial charge on any atom is -0.368 e. The topological polar surface area (TPSA) is 48.5 Å². The summed E-state index contributed by atoms with van der Waals surface area (Å²) >= 11 is 0. The second-order valence-corrected chi connectivity index (χ2v) is 7.44. The number of nitrogens with one attached hydrogen (secondary N) is 1. The molecule has 0 saturated carbocycles. The molecule has 29 heavy (non-hydrogen) atoms. The van der Waals surface area contributed by atoms with Crippen LogP contribution in [0.25, 0.3) is 0 Å². The molecule has 1 aliphatic rings. The van der Waals surface area contributed by atoms with E-state index in [1.807, 2.05) is 79.0 Å². The number of aromatic nitrogens is 1. The van der Waals surface area contributed by atoms with Crippen molar-refractivity contribution in [3.05, 3.63) is 90.1 Å². The van der Waals surface area contributed by atoms with Crippen molar-refractivity contribution in [2.75, 3.05) is 43.4 Å². The molecular weight excluding hydrogens is 360 g/mol. The van der Waals surface area contributed by atoms with Crippen LogP contribution in [0.5, 0.6) is 0 Å². The molecule has 5 nitrogen and oxygen atoms in total. The van der Waals surface area contributed by atoms with E-state index in [1.165, 1.54) is 0 Å². The van der Waals surface area contributed by atoms with Crippen LogP contribution in [0, 0.1) is 0 Å². The van der Waals surface area contributed by atoms with Gasteiger partial charge in [-0.3, -0.25) is 4.79 Å². The number of hydrogen-bond acceptors (Lipinski definition) is 4. The second kappa shape index (κ2) is 8.88. The number of rotatable bonds is 5. The number of carbonyl (C=O) groups is 1. The summed E-state index contributed by atoms with van der Waals surface area (Å²) in [4.78, 5) is 22.3.